The Hall–Kier alpha value is -0.570. The van der Waals surface area contributed by atoms with Gasteiger partial charge in [0.1, 0.15) is 0 Å². The van der Waals surface area contributed by atoms with Crippen LogP contribution in [0.2, 0.25) is 0 Å². The summed E-state index contributed by atoms with van der Waals surface area (Å²) in [6.07, 6.45) is 4.33. The standard InChI is InChI=1S/C9H18N2O/c1-7(10)5-9(12)11-6-8-3-2-4-8/h7-8H,2-6,10H2,1H3,(H,11,12). The highest BCUT2D eigenvalue weighted by molar-refractivity contribution is 5.76. The van der Waals surface area contributed by atoms with E-state index in [0.29, 0.717) is 6.42 Å². The van der Waals surface area contributed by atoms with Crippen molar-refractivity contribution < 1.29 is 4.79 Å². The van der Waals surface area contributed by atoms with Crippen LogP contribution in [0, 0.1) is 5.92 Å². The van der Waals surface area contributed by atoms with Crippen LogP contribution in [0.1, 0.15) is 32.6 Å². The Morgan fingerprint density at radius 1 is 1.67 bits per heavy atom. The average Bonchev–Trinajstić information content (AvgIpc) is 1.81. The quantitative estimate of drug-likeness (QED) is 0.650. The average molecular weight is 170 g/mol. The lowest BCUT2D eigenvalue weighted by Crippen LogP contribution is -2.35. The Morgan fingerprint density at radius 3 is 2.75 bits per heavy atom. The van der Waals surface area contributed by atoms with Gasteiger partial charge in [0, 0.05) is 19.0 Å². The molecule has 1 saturated carbocycles. The summed E-state index contributed by atoms with van der Waals surface area (Å²) >= 11 is 0. The topological polar surface area (TPSA) is 55.1 Å². The Bertz CT molecular complexity index is 153. The van der Waals surface area contributed by atoms with Gasteiger partial charge in [-0.25, -0.2) is 0 Å². The molecule has 1 fully saturated rings. The highest BCUT2D eigenvalue weighted by Gasteiger charge is 2.17. The van der Waals surface area contributed by atoms with Crippen molar-refractivity contribution in [3.05, 3.63) is 0 Å². The highest BCUT2D eigenvalue weighted by atomic mass is 16.1. The number of carbonyl (C=O) groups is 1. The Morgan fingerprint density at radius 2 is 2.33 bits per heavy atom. The number of hydrogen-bond acceptors (Lipinski definition) is 2. The molecule has 12 heavy (non-hydrogen) atoms. The van der Waals surface area contributed by atoms with Crippen LogP contribution in [-0.2, 0) is 4.79 Å². The third kappa shape index (κ3) is 3.22. The lowest BCUT2D eigenvalue weighted by atomic mass is 9.85. The molecule has 0 bridgehead atoms. The van der Waals surface area contributed by atoms with E-state index in [-0.39, 0.29) is 11.9 Å². The molecule has 0 aromatic carbocycles. The van der Waals surface area contributed by atoms with E-state index in [0.717, 1.165) is 12.5 Å². The maximum Gasteiger partial charge on any atom is 0.221 e. The summed E-state index contributed by atoms with van der Waals surface area (Å²) in [5, 5.41) is 2.90. The molecule has 1 aliphatic rings. The molecule has 1 aliphatic carbocycles. The van der Waals surface area contributed by atoms with Crippen molar-refractivity contribution in [2.75, 3.05) is 6.54 Å². The third-order valence-electron chi connectivity index (χ3n) is 2.32. The molecular formula is C9H18N2O. The molecule has 0 radical (unpaired) electrons. The van der Waals surface area contributed by atoms with Crippen LogP contribution >= 0.6 is 0 Å². The van der Waals surface area contributed by atoms with Crippen molar-refractivity contribution in [1.29, 1.82) is 0 Å². The maximum atomic E-state index is 11.1. The molecule has 1 atom stereocenters. The fraction of sp³-hybridized carbons (Fsp3) is 0.889. The summed E-state index contributed by atoms with van der Waals surface area (Å²) in [7, 11) is 0. The first-order valence-corrected chi connectivity index (χ1v) is 4.70. The summed E-state index contributed by atoms with van der Waals surface area (Å²) in [5.41, 5.74) is 5.49. The van der Waals surface area contributed by atoms with Gasteiger partial charge in [0.25, 0.3) is 0 Å². The van der Waals surface area contributed by atoms with Crippen LogP contribution in [0.3, 0.4) is 0 Å². The number of nitrogens with one attached hydrogen (secondary N) is 1. The second kappa shape index (κ2) is 4.45. The first-order valence-electron chi connectivity index (χ1n) is 4.70. The van der Waals surface area contributed by atoms with Gasteiger partial charge < -0.3 is 11.1 Å². The molecule has 70 valence electrons. The molecule has 0 heterocycles. The maximum absolute atomic E-state index is 11.1. The summed E-state index contributed by atoms with van der Waals surface area (Å²) in [6.45, 7) is 2.70. The molecule has 0 saturated heterocycles. The van der Waals surface area contributed by atoms with Gasteiger partial charge in [-0.1, -0.05) is 6.42 Å². The highest BCUT2D eigenvalue weighted by Crippen LogP contribution is 2.25. The SMILES string of the molecule is CC(N)CC(=O)NCC1CCC1. The van der Waals surface area contributed by atoms with Crippen molar-refractivity contribution >= 4 is 5.91 Å². The molecule has 1 rings (SSSR count). The number of amides is 1. The smallest absolute Gasteiger partial charge is 0.221 e. The van der Waals surface area contributed by atoms with Gasteiger partial charge in [0.15, 0.2) is 0 Å². The number of rotatable bonds is 4. The summed E-state index contributed by atoms with van der Waals surface area (Å²) in [5.74, 6) is 0.832. The second-order valence-corrected chi connectivity index (χ2v) is 3.78. The van der Waals surface area contributed by atoms with E-state index in [4.69, 9.17) is 5.73 Å². The van der Waals surface area contributed by atoms with Crippen LogP contribution in [0.15, 0.2) is 0 Å². The predicted molar refractivity (Wildman–Crippen MR) is 48.6 cm³/mol. The molecule has 3 heteroatoms. The predicted octanol–water partition coefficient (Wildman–Crippen LogP) is 0.640. The summed E-state index contributed by atoms with van der Waals surface area (Å²) in [6, 6.07) is -0.0219. The van der Waals surface area contributed by atoms with Gasteiger partial charge >= 0.3 is 0 Å². The molecule has 0 aromatic heterocycles. The van der Waals surface area contributed by atoms with E-state index in [9.17, 15) is 4.79 Å². The largest absolute Gasteiger partial charge is 0.356 e. The van der Waals surface area contributed by atoms with Gasteiger partial charge in [-0.05, 0) is 25.7 Å². The van der Waals surface area contributed by atoms with Gasteiger partial charge in [0.05, 0.1) is 0 Å². The van der Waals surface area contributed by atoms with Gasteiger partial charge in [-0.2, -0.15) is 0 Å². The first-order chi connectivity index (χ1) is 5.68. The van der Waals surface area contributed by atoms with Crippen molar-refractivity contribution in [3.63, 3.8) is 0 Å². The van der Waals surface area contributed by atoms with Gasteiger partial charge in [-0.15, -0.1) is 0 Å². The summed E-state index contributed by atoms with van der Waals surface area (Å²) in [4.78, 5) is 11.1. The third-order valence-corrected chi connectivity index (χ3v) is 2.32. The number of hydrogen-bond donors (Lipinski definition) is 2. The summed E-state index contributed by atoms with van der Waals surface area (Å²) < 4.78 is 0. The first kappa shape index (κ1) is 9.52. The molecule has 1 amide bonds. The van der Waals surface area contributed by atoms with Crippen molar-refractivity contribution in [2.24, 2.45) is 11.7 Å². The minimum atomic E-state index is -0.0219. The lowest BCUT2D eigenvalue weighted by molar-refractivity contribution is -0.121. The Labute approximate surface area is 73.7 Å². The zero-order valence-corrected chi connectivity index (χ0v) is 7.68. The molecule has 0 spiro atoms. The van der Waals surface area contributed by atoms with Crippen LogP contribution in [0.4, 0.5) is 0 Å². The lowest BCUT2D eigenvalue weighted by Gasteiger charge is -2.25. The Kier molecular flexibility index (Phi) is 3.53. The van der Waals surface area contributed by atoms with Crippen LogP contribution in [-0.4, -0.2) is 18.5 Å². The van der Waals surface area contributed by atoms with Crippen molar-refractivity contribution in [2.45, 2.75) is 38.6 Å². The van der Waals surface area contributed by atoms with Gasteiger partial charge in [0.2, 0.25) is 5.91 Å². The van der Waals surface area contributed by atoms with E-state index in [2.05, 4.69) is 5.32 Å². The van der Waals surface area contributed by atoms with E-state index in [1.54, 1.807) is 0 Å². The van der Waals surface area contributed by atoms with E-state index < -0.39 is 0 Å². The van der Waals surface area contributed by atoms with Crippen LogP contribution in [0.25, 0.3) is 0 Å². The second-order valence-electron chi connectivity index (χ2n) is 3.78. The van der Waals surface area contributed by atoms with E-state index in [1.807, 2.05) is 6.92 Å². The van der Waals surface area contributed by atoms with E-state index >= 15 is 0 Å². The van der Waals surface area contributed by atoms with Crippen molar-refractivity contribution in [3.8, 4) is 0 Å². The number of carbonyl (C=O) groups excluding carboxylic acids is 1. The van der Waals surface area contributed by atoms with Crippen LogP contribution in [0.5, 0.6) is 0 Å². The Balaban J connectivity index is 2.01. The van der Waals surface area contributed by atoms with Crippen LogP contribution < -0.4 is 11.1 Å². The molecule has 3 nitrogen and oxygen atoms in total. The molecule has 0 aromatic rings. The van der Waals surface area contributed by atoms with E-state index in [1.165, 1.54) is 19.3 Å². The normalized spacial score (nSPS) is 19.8. The minimum Gasteiger partial charge on any atom is -0.356 e. The van der Waals surface area contributed by atoms with Gasteiger partial charge in [-0.3, -0.25) is 4.79 Å². The zero-order valence-electron chi connectivity index (χ0n) is 7.68. The van der Waals surface area contributed by atoms with Crippen molar-refractivity contribution in [1.82, 2.24) is 5.32 Å². The number of nitrogens with two attached hydrogens (primary N) is 1. The fourth-order valence-corrected chi connectivity index (χ4v) is 1.32. The molecule has 1 unspecified atom stereocenters. The molecule has 3 N–H and O–H groups in total. The minimum absolute atomic E-state index is 0.0219. The molecular weight excluding hydrogens is 152 g/mol. The monoisotopic (exact) mass is 170 g/mol. The fourth-order valence-electron chi connectivity index (χ4n) is 1.32. The molecule has 0 aliphatic heterocycles. The zero-order chi connectivity index (χ0) is 8.97.